The zero-order valence-corrected chi connectivity index (χ0v) is 17.4. The molecule has 0 radical (unpaired) electrons. The predicted octanol–water partition coefficient (Wildman–Crippen LogP) is 4.13. The van der Waals surface area contributed by atoms with Crippen LogP contribution in [0.2, 0.25) is 0 Å². The summed E-state index contributed by atoms with van der Waals surface area (Å²) in [6.07, 6.45) is 0. The highest BCUT2D eigenvalue weighted by Crippen LogP contribution is 2.28. The number of rotatable bonds is 5. The minimum Gasteiger partial charge on any atom is -0.465 e. The van der Waals surface area contributed by atoms with Crippen molar-refractivity contribution in [2.45, 2.75) is 13.5 Å². The van der Waals surface area contributed by atoms with Gasteiger partial charge in [0.25, 0.3) is 5.91 Å². The third kappa shape index (κ3) is 3.74. The van der Waals surface area contributed by atoms with E-state index in [0.29, 0.717) is 4.80 Å². The Bertz CT molecular complexity index is 1370. The van der Waals surface area contributed by atoms with Gasteiger partial charge in [-0.15, -0.1) is 0 Å². The number of thiazole rings is 1. The van der Waals surface area contributed by atoms with Gasteiger partial charge in [-0.1, -0.05) is 53.0 Å². The SMILES string of the molecule is CCOC(=O)Cn1c(=NC(=O)c2ccc([N+](=O)[O-])s2)sc2c3ccccc3ccc21. The van der Waals surface area contributed by atoms with Crippen molar-refractivity contribution < 1.29 is 19.2 Å². The predicted molar refractivity (Wildman–Crippen MR) is 115 cm³/mol. The maximum atomic E-state index is 12.7. The number of ether oxygens (including phenoxy) is 1. The maximum Gasteiger partial charge on any atom is 0.326 e. The summed E-state index contributed by atoms with van der Waals surface area (Å²) in [4.78, 5) is 39.8. The lowest BCUT2D eigenvalue weighted by atomic mass is 10.1. The summed E-state index contributed by atoms with van der Waals surface area (Å²) in [5.41, 5.74) is 0.760. The van der Waals surface area contributed by atoms with Crippen LogP contribution in [0.15, 0.2) is 53.5 Å². The number of fused-ring (bicyclic) bond motifs is 3. The monoisotopic (exact) mass is 441 g/mol. The smallest absolute Gasteiger partial charge is 0.326 e. The molecule has 30 heavy (non-hydrogen) atoms. The fraction of sp³-hybridized carbons (Fsp3) is 0.150. The van der Waals surface area contributed by atoms with Crippen LogP contribution >= 0.6 is 22.7 Å². The summed E-state index contributed by atoms with van der Waals surface area (Å²) in [7, 11) is 0. The van der Waals surface area contributed by atoms with Gasteiger partial charge in [-0.2, -0.15) is 4.99 Å². The molecule has 1 amide bonds. The summed E-state index contributed by atoms with van der Waals surface area (Å²) in [5, 5.41) is 12.8. The Morgan fingerprint density at radius 2 is 1.93 bits per heavy atom. The number of nitro groups is 1. The summed E-state index contributed by atoms with van der Waals surface area (Å²) >= 11 is 2.06. The highest BCUT2D eigenvalue weighted by Gasteiger charge is 2.17. The van der Waals surface area contributed by atoms with E-state index in [-0.39, 0.29) is 23.0 Å². The molecule has 0 saturated heterocycles. The Labute approximate surface area is 177 Å². The van der Waals surface area contributed by atoms with Crippen LogP contribution < -0.4 is 4.80 Å². The van der Waals surface area contributed by atoms with Gasteiger partial charge in [0.2, 0.25) is 0 Å². The normalized spacial score (nSPS) is 11.8. The van der Waals surface area contributed by atoms with Gasteiger partial charge in [0, 0.05) is 11.5 Å². The molecule has 152 valence electrons. The first-order valence-corrected chi connectivity index (χ1v) is 10.6. The molecule has 2 heterocycles. The highest BCUT2D eigenvalue weighted by atomic mass is 32.1. The standard InChI is InChI=1S/C20H15N3O5S2/c1-2-28-17(24)11-22-14-8-7-12-5-3-4-6-13(12)18(14)30-20(22)21-19(25)15-9-10-16(29-15)23(26)27/h3-10H,2,11H2,1H3. The molecule has 0 N–H and O–H groups in total. The first kappa shape index (κ1) is 19.9. The number of aromatic nitrogens is 1. The summed E-state index contributed by atoms with van der Waals surface area (Å²) in [6.45, 7) is 1.87. The fourth-order valence-electron chi connectivity index (χ4n) is 3.06. The second kappa shape index (κ2) is 8.17. The third-order valence-corrected chi connectivity index (χ3v) is 6.50. The van der Waals surface area contributed by atoms with Crippen LogP contribution in [0.4, 0.5) is 5.00 Å². The molecule has 0 saturated carbocycles. The zero-order valence-electron chi connectivity index (χ0n) is 15.7. The van der Waals surface area contributed by atoms with E-state index >= 15 is 0 Å². The number of amides is 1. The van der Waals surface area contributed by atoms with E-state index in [1.54, 1.807) is 11.5 Å². The topological polar surface area (TPSA) is 104 Å². The molecule has 0 bridgehead atoms. The third-order valence-electron chi connectivity index (χ3n) is 4.35. The Balaban J connectivity index is 1.88. The Morgan fingerprint density at radius 1 is 1.13 bits per heavy atom. The van der Waals surface area contributed by atoms with E-state index in [1.165, 1.54) is 23.5 Å². The van der Waals surface area contributed by atoms with Crippen LogP contribution in [0.3, 0.4) is 0 Å². The first-order valence-electron chi connectivity index (χ1n) is 8.98. The maximum absolute atomic E-state index is 12.7. The van der Waals surface area contributed by atoms with E-state index in [4.69, 9.17) is 4.74 Å². The molecule has 0 fully saturated rings. The average Bonchev–Trinajstić information content (AvgIpc) is 3.34. The van der Waals surface area contributed by atoms with Gasteiger partial charge >= 0.3 is 11.0 Å². The lowest BCUT2D eigenvalue weighted by Crippen LogP contribution is -2.23. The summed E-state index contributed by atoms with van der Waals surface area (Å²) in [6, 6.07) is 14.3. The number of benzene rings is 2. The number of hydrogen-bond donors (Lipinski definition) is 0. The number of thiophene rings is 1. The minimum atomic E-state index is -0.596. The molecule has 2 aromatic heterocycles. The molecule has 2 aromatic carbocycles. The van der Waals surface area contributed by atoms with Crippen molar-refractivity contribution >= 4 is 60.5 Å². The number of esters is 1. The number of carbonyl (C=O) groups excluding carboxylic acids is 2. The highest BCUT2D eigenvalue weighted by molar-refractivity contribution is 7.18. The molecule has 4 aromatic rings. The van der Waals surface area contributed by atoms with Crippen molar-refractivity contribution in [2.75, 3.05) is 6.61 Å². The van der Waals surface area contributed by atoms with Crippen molar-refractivity contribution in [2.24, 2.45) is 4.99 Å². The molecule has 0 spiro atoms. The van der Waals surface area contributed by atoms with E-state index < -0.39 is 16.8 Å². The molecule has 8 nitrogen and oxygen atoms in total. The van der Waals surface area contributed by atoms with Gasteiger partial charge in [-0.3, -0.25) is 19.7 Å². The minimum absolute atomic E-state index is 0.0944. The molecule has 0 unspecified atom stereocenters. The van der Waals surface area contributed by atoms with E-state index in [9.17, 15) is 19.7 Å². The van der Waals surface area contributed by atoms with Crippen molar-refractivity contribution in [1.82, 2.24) is 4.57 Å². The van der Waals surface area contributed by atoms with Crippen molar-refractivity contribution in [1.29, 1.82) is 0 Å². The van der Waals surface area contributed by atoms with Crippen LogP contribution in [0.5, 0.6) is 0 Å². The Morgan fingerprint density at radius 3 is 2.67 bits per heavy atom. The summed E-state index contributed by atoms with van der Waals surface area (Å²) < 4.78 is 7.60. The van der Waals surface area contributed by atoms with E-state index in [2.05, 4.69) is 4.99 Å². The van der Waals surface area contributed by atoms with Crippen LogP contribution in [-0.2, 0) is 16.1 Å². The zero-order chi connectivity index (χ0) is 21.3. The molecule has 10 heteroatoms. The molecule has 0 aliphatic heterocycles. The van der Waals surface area contributed by atoms with E-state index in [1.807, 2.05) is 36.4 Å². The van der Waals surface area contributed by atoms with Gasteiger partial charge in [0.05, 0.1) is 21.7 Å². The van der Waals surface area contributed by atoms with E-state index in [0.717, 1.165) is 32.3 Å². The molecule has 4 rings (SSSR count). The quantitative estimate of drug-likeness (QED) is 0.263. The molecular formula is C20H15N3O5S2. The largest absolute Gasteiger partial charge is 0.465 e. The van der Waals surface area contributed by atoms with Crippen LogP contribution in [-0.4, -0.2) is 28.0 Å². The lowest BCUT2D eigenvalue weighted by molar-refractivity contribution is -0.380. The average molecular weight is 441 g/mol. The van der Waals surface area contributed by atoms with Gasteiger partial charge in [0.1, 0.15) is 11.4 Å². The van der Waals surface area contributed by atoms with Gasteiger partial charge in [-0.25, -0.2) is 0 Å². The molecular weight excluding hydrogens is 426 g/mol. The fourth-order valence-corrected chi connectivity index (χ4v) is 4.92. The van der Waals surface area contributed by atoms with Gasteiger partial charge in [0.15, 0.2) is 4.80 Å². The second-order valence-electron chi connectivity index (χ2n) is 6.22. The molecule has 0 aliphatic carbocycles. The number of hydrogen-bond acceptors (Lipinski definition) is 7. The lowest BCUT2D eigenvalue weighted by Gasteiger charge is -2.05. The van der Waals surface area contributed by atoms with Crippen molar-refractivity contribution in [3.8, 4) is 0 Å². The summed E-state index contributed by atoms with van der Waals surface area (Å²) in [5.74, 6) is -1.03. The van der Waals surface area contributed by atoms with Gasteiger partial charge in [-0.05, 0) is 24.4 Å². The van der Waals surface area contributed by atoms with Crippen LogP contribution in [0.25, 0.3) is 21.0 Å². The second-order valence-corrected chi connectivity index (χ2v) is 8.26. The molecule has 0 aliphatic rings. The van der Waals surface area contributed by atoms with Crippen molar-refractivity contribution in [3.63, 3.8) is 0 Å². The molecule has 0 atom stereocenters. The van der Waals surface area contributed by atoms with Gasteiger partial charge < -0.3 is 9.30 Å². The Hall–Kier alpha value is -3.37. The Kier molecular flexibility index (Phi) is 5.42. The van der Waals surface area contributed by atoms with Crippen molar-refractivity contribution in [3.05, 3.63) is 68.3 Å². The van der Waals surface area contributed by atoms with Crippen LogP contribution in [0, 0.1) is 10.1 Å². The number of nitrogens with zero attached hydrogens (tertiary/aromatic N) is 3. The van der Waals surface area contributed by atoms with Crippen LogP contribution in [0.1, 0.15) is 16.6 Å². The first-order chi connectivity index (χ1) is 14.5. The number of carbonyl (C=O) groups is 2.